The van der Waals surface area contributed by atoms with Crippen LogP contribution < -0.4 is 15.4 Å². The lowest BCUT2D eigenvalue weighted by molar-refractivity contribution is 0.0950. The minimum absolute atomic E-state index is 0.183. The van der Waals surface area contributed by atoms with Crippen LogP contribution in [-0.2, 0) is 6.54 Å². The number of benzene rings is 2. The van der Waals surface area contributed by atoms with Crippen molar-refractivity contribution >= 4 is 28.9 Å². The Morgan fingerprint density at radius 1 is 1.14 bits per heavy atom. The smallest absolute Gasteiger partial charge is 0.253 e. The summed E-state index contributed by atoms with van der Waals surface area (Å²) in [6, 6.07) is 13.4. The van der Waals surface area contributed by atoms with E-state index in [9.17, 15) is 4.79 Å². The molecule has 0 radical (unpaired) electrons. The van der Waals surface area contributed by atoms with Gasteiger partial charge in [0.25, 0.3) is 5.91 Å². The number of rotatable bonds is 6. The molecule has 3 rings (SSSR count). The van der Waals surface area contributed by atoms with Crippen LogP contribution >= 0.6 is 11.6 Å². The summed E-state index contributed by atoms with van der Waals surface area (Å²) in [6.45, 7) is 4.40. The Morgan fingerprint density at radius 2 is 1.96 bits per heavy atom. The van der Waals surface area contributed by atoms with Gasteiger partial charge in [0.15, 0.2) is 0 Å². The number of carbonyl (C=O) groups excluding carboxylic acids is 1. The van der Waals surface area contributed by atoms with Crippen LogP contribution in [0.25, 0.3) is 0 Å². The average Bonchev–Trinajstić information content (AvgIpc) is 2.69. The first kappa shape index (κ1) is 19.7. The zero-order chi connectivity index (χ0) is 20.1. The molecule has 1 amide bonds. The van der Waals surface area contributed by atoms with Crippen LogP contribution in [0.2, 0.25) is 5.02 Å². The maximum absolute atomic E-state index is 12.5. The maximum Gasteiger partial charge on any atom is 0.253 e. The third-order valence-corrected chi connectivity index (χ3v) is 4.70. The molecule has 1 heterocycles. The van der Waals surface area contributed by atoms with Crippen molar-refractivity contribution in [3.05, 3.63) is 82.1 Å². The highest BCUT2D eigenvalue weighted by atomic mass is 35.5. The third-order valence-electron chi connectivity index (χ3n) is 4.30. The van der Waals surface area contributed by atoms with Crippen molar-refractivity contribution in [3.63, 3.8) is 0 Å². The van der Waals surface area contributed by atoms with Crippen molar-refractivity contribution < 1.29 is 9.53 Å². The van der Waals surface area contributed by atoms with Crippen molar-refractivity contribution in [1.82, 2.24) is 10.3 Å². The van der Waals surface area contributed by atoms with Crippen LogP contribution in [0, 0.1) is 13.8 Å². The molecule has 0 bridgehead atoms. The van der Waals surface area contributed by atoms with E-state index < -0.39 is 0 Å². The quantitative estimate of drug-likeness (QED) is 0.614. The first-order valence-electron chi connectivity index (χ1n) is 8.86. The SMILES string of the molecule is COc1cc(Cl)c(C)cc1Nc1cncc(C(=O)NCc2cccc(C)c2)c1. The van der Waals surface area contributed by atoms with E-state index in [-0.39, 0.29) is 5.91 Å². The Hall–Kier alpha value is -3.05. The number of ether oxygens (including phenoxy) is 1. The number of nitrogens with zero attached hydrogens (tertiary/aromatic N) is 1. The Labute approximate surface area is 169 Å². The van der Waals surface area contributed by atoms with Crippen LogP contribution in [0.1, 0.15) is 27.0 Å². The normalized spacial score (nSPS) is 10.4. The number of hydrogen-bond acceptors (Lipinski definition) is 4. The van der Waals surface area contributed by atoms with Crippen LogP contribution in [0.15, 0.2) is 54.9 Å². The van der Waals surface area contributed by atoms with E-state index in [0.29, 0.717) is 28.6 Å². The van der Waals surface area contributed by atoms with E-state index in [1.807, 2.05) is 44.2 Å². The van der Waals surface area contributed by atoms with Gasteiger partial charge in [0, 0.05) is 23.8 Å². The number of hydrogen-bond donors (Lipinski definition) is 2. The number of carbonyl (C=O) groups is 1. The molecule has 1 aromatic heterocycles. The Bertz CT molecular complexity index is 1000. The largest absolute Gasteiger partial charge is 0.495 e. The second kappa shape index (κ2) is 8.76. The van der Waals surface area contributed by atoms with Gasteiger partial charge in [-0.15, -0.1) is 0 Å². The van der Waals surface area contributed by atoms with Crippen LogP contribution in [0.3, 0.4) is 0 Å². The second-order valence-electron chi connectivity index (χ2n) is 6.56. The lowest BCUT2D eigenvalue weighted by Crippen LogP contribution is -2.23. The van der Waals surface area contributed by atoms with Gasteiger partial charge in [-0.1, -0.05) is 41.4 Å². The molecule has 5 nitrogen and oxygen atoms in total. The summed E-state index contributed by atoms with van der Waals surface area (Å²) in [7, 11) is 1.58. The molecule has 0 aliphatic heterocycles. The van der Waals surface area contributed by atoms with Crippen LogP contribution in [0.4, 0.5) is 11.4 Å². The molecule has 0 aliphatic rings. The van der Waals surface area contributed by atoms with Gasteiger partial charge in [-0.25, -0.2) is 0 Å². The fourth-order valence-electron chi connectivity index (χ4n) is 2.82. The lowest BCUT2D eigenvalue weighted by Gasteiger charge is -2.13. The number of aryl methyl sites for hydroxylation is 2. The Balaban J connectivity index is 1.73. The summed E-state index contributed by atoms with van der Waals surface area (Å²) in [5, 5.41) is 6.80. The van der Waals surface area contributed by atoms with E-state index in [1.165, 1.54) is 0 Å². The molecule has 144 valence electrons. The average molecular weight is 396 g/mol. The predicted octanol–water partition coefficient (Wildman–Crippen LogP) is 5.03. The summed E-state index contributed by atoms with van der Waals surface area (Å²) in [5.41, 5.74) is 5.04. The standard InChI is InChI=1S/C22H22ClN3O2/c1-14-5-4-6-16(7-14)11-25-22(27)17-9-18(13-24-12-17)26-20-8-15(2)19(23)10-21(20)28-3/h4-10,12-13,26H,11H2,1-3H3,(H,25,27). The molecule has 0 atom stereocenters. The first-order chi connectivity index (χ1) is 13.5. The molecular formula is C22H22ClN3O2. The Morgan fingerprint density at radius 3 is 2.71 bits per heavy atom. The topological polar surface area (TPSA) is 63.2 Å². The molecule has 3 aromatic rings. The highest BCUT2D eigenvalue weighted by Gasteiger charge is 2.10. The molecule has 0 spiro atoms. The molecule has 28 heavy (non-hydrogen) atoms. The van der Waals surface area contributed by atoms with Gasteiger partial charge in [-0.3, -0.25) is 9.78 Å². The monoisotopic (exact) mass is 395 g/mol. The van der Waals surface area contributed by atoms with Crippen LogP contribution in [-0.4, -0.2) is 18.0 Å². The zero-order valence-corrected chi connectivity index (χ0v) is 16.8. The second-order valence-corrected chi connectivity index (χ2v) is 6.97. The highest BCUT2D eigenvalue weighted by molar-refractivity contribution is 6.31. The Kier molecular flexibility index (Phi) is 6.16. The summed E-state index contributed by atoms with van der Waals surface area (Å²) in [6.07, 6.45) is 3.20. The summed E-state index contributed by atoms with van der Waals surface area (Å²) < 4.78 is 5.38. The molecule has 0 unspecified atom stereocenters. The third kappa shape index (κ3) is 4.81. The molecule has 2 aromatic carbocycles. The minimum Gasteiger partial charge on any atom is -0.495 e. The number of anilines is 2. The molecule has 6 heteroatoms. The number of amides is 1. The predicted molar refractivity (Wildman–Crippen MR) is 113 cm³/mol. The van der Waals surface area contributed by atoms with Crippen molar-refractivity contribution in [2.24, 2.45) is 0 Å². The van der Waals surface area contributed by atoms with Crippen molar-refractivity contribution in [2.75, 3.05) is 12.4 Å². The molecule has 0 saturated carbocycles. The highest BCUT2D eigenvalue weighted by Crippen LogP contribution is 2.33. The molecule has 0 fully saturated rings. The molecule has 0 aliphatic carbocycles. The van der Waals surface area contributed by atoms with Gasteiger partial charge < -0.3 is 15.4 Å². The van der Waals surface area contributed by atoms with Gasteiger partial charge in [0.1, 0.15) is 5.75 Å². The van der Waals surface area contributed by atoms with Gasteiger partial charge in [-0.2, -0.15) is 0 Å². The number of methoxy groups -OCH3 is 1. The summed E-state index contributed by atoms with van der Waals surface area (Å²) >= 11 is 6.16. The maximum atomic E-state index is 12.5. The van der Waals surface area contributed by atoms with Gasteiger partial charge >= 0.3 is 0 Å². The fraction of sp³-hybridized carbons (Fsp3) is 0.182. The molecular weight excluding hydrogens is 374 g/mol. The number of pyridine rings is 1. The van der Waals surface area contributed by atoms with Crippen molar-refractivity contribution in [1.29, 1.82) is 0 Å². The van der Waals surface area contributed by atoms with E-state index in [1.54, 1.807) is 31.6 Å². The number of nitrogens with one attached hydrogen (secondary N) is 2. The van der Waals surface area contributed by atoms with E-state index in [0.717, 1.165) is 22.4 Å². The van der Waals surface area contributed by atoms with E-state index >= 15 is 0 Å². The van der Waals surface area contributed by atoms with Gasteiger partial charge in [0.05, 0.1) is 30.2 Å². The van der Waals surface area contributed by atoms with Gasteiger partial charge in [0.2, 0.25) is 0 Å². The van der Waals surface area contributed by atoms with Crippen molar-refractivity contribution in [2.45, 2.75) is 20.4 Å². The minimum atomic E-state index is -0.183. The van der Waals surface area contributed by atoms with Gasteiger partial charge in [-0.05, 0) is 37.1 Å². The zero-order valence-electron chi connectivity index (χ0n) is 16.0. The molecule has 2 N–H and O–H groups in total. The number of aromatic nitrogens is 1. The van der Waals surface area contributed by atoms with Crippen LogP contribution in [0.5, 0.6) is 5.75 Å². The number of halogens is 1. The fourth-order valence-corrected chi connectivity index (χ4v) is 2.98. The van der Waals surface area contributed by atoms with E-state index in [4.69, 9.17) is 16.3 Å². The van der Waals surface area contributed by atoms with E-state index in [2.05, 4.69) is 15.6 Å². The first-order valence-corrected chi connectivity index (χ1v) is 9.24. The van der Waals surface area contributed by atoms with Crippen molar-refractivity contribution in [3.8, 4) is 5.75 Å². The summed E-state index contributed by atoms with van der Waals surface area (Å²) in [4.78, 5) is 16.7. The summed E-state index contributed by atoms with van der Waals surface area (Å²) in [5.74, 6) is 0.432. The molecule has 0 saturated heterocycles. The lowest BCUT2D eigenvalue weighted by atomic mass is 10.1.